The summed E-state index contributed by atoms with van der Waals surface area (Å²) < 4.78 is 8.03. The van der Waals surface area contributed by atoms with Crippen molar-refractivity contribution in [2.75, 3.05) is 19.5 Å². The molecule has 0 amide bonds. The predicted molar refractivity (Wildman–Crippen MR) is 70.7 cm³/mol. The number of nitriles is 1. The summed E-state index contributed by atoms with van der Waals surface area (Å²) >= 11 is 0. The van der Waals surface area contributed by atoms with Crippen LogP contribution in [0.15, 0.2) is 4.79 Å². The number of anilines is 1. The van der Waals surface area contributed by atoms with E-state index >= 15 is 0 Å². The SMILES string of the molecule is COCCn1c(=O)c(C#N)c(C)c2c(N)nn(C)c21. The van der Waals surface area contributed by atoms with Crippen LogP contribution in [0.25, 0.3) is 11.0 Å². The van der Waals surface area contributed by atoms with E-state index in [1.54, 1.807) is 25.8 Å². The van der Waals surface area contributed by atoms with Crippen LogP contribution < -0.4 is 11.3 Å². The van der Waals surface area contributed by atoms with Crippen molar-refractivity contribution in [3.05, 3.63) is 21.5 Å². The third-order valence-electron chi connectivity index (χ3n) is 3.14. The minimum absolute atomic E-state index is 0.100. The Morgan fingerprint density at radius 2 is 2.21 bits per heavy atom. The molecule has 2 heterocycles. The number of ether oxygens (including phenoxy) is 1. The molecular weight excluding hydrogens is 246 g/mol. The first kappa shape index (κ1) is 13.1. The summed E-state index contributed by atoms with van der Waals surface area (Å²) in [4.78, 5) is 12.3. The number of aromatic nitrogens is 3. The molecule has 2 rings (SSSR count). The minimum atomic E-state index is -0.340. The molecule has 0 unspecified atom stereocenters. The zero-order valence-corrected chi connectivity index (χ0v) is 11.1. The summed E-state index contributed by atoms with van der Waals surface area (Å²) in [5, 5.41) is 13.9. The van der Waals surface area contributed by atoms with Crippen molar-refractivity contribution in [2.45, 2.75) is 13.5 Å². The Labute approximate surface area is 109 Å². The number of aryl methyl sites for hydroxylation is 2. The lowest BCUT2D eigenvalue weighted by atomic mass is 10.1. The topological polar surface area (TPSA) is 98.9 Å². The van der Waals surface area contributed by atoms with Gasteiger partial charge in [0.2, 0.25) is 0 Å². The Kier molecular flexibility index (Phi) is 3.27. The molecule has 19 heavy (non-hydrogen) atoms. The van der Waals surface area contributed by atoms with Crippen LogP contribution >= 0.6 is 0 Å². The maximum atomic E-state index is 12.3. The number of fused-ring (bicyclic) bond motifs is 1. The first-order valence-corrected chi connectivity index (χ1v) is 5.77. The van der Waals surface area contributed by atoms with Crippen LogP contribution in [0.3, 0.4) is 0 Å². The molecule has 0 spiro atoms. The maximum absolute atomic E-state index is 12.3. The summed E-state index contributed by atoms with van der Waals surface area (Å²) in [5.74, 6) is 0.317. The van der Waals surface area contributed by atoms with Crippen molar-refractivity contribution in [1.29, 1.82) is 5.26 Å². The van der Waals surface area contributed by atoms with Crippen molar-refractivity contribution in [3.8, 4) is 6.07 Å². The lowest BCUT2D eigenvalue weighted by Crippen LogP contribution is -2.27. The molecule has 7 nitrogen and oxygen atoms in total. The molecule has 0 aliphatic heterocycles. The third-order valence-corrected chi connectivity index (χ3v) is 3.14. The smallest absolute Gasteiger partial charge is 0.270 e. The zero-order chi connectivity index (χ0) is 14.2. The van der Waals surface area contributed by atoms with Crippen LogP contribution in [0.2, 0.25) is 0 Å². The predicted octanol–water partition coefficient (Wildman–Crippen LogP) is 0.144. The van der Waals surface area contributed by atoms with Crippen molar-refractivity contribution in [2.24, 2.45) is 7.05 Å². The van der Waals surface area contributed by atoms with Gasteiger partial charge in [0.25, 0.3) is 5.56 Å². The number of hydrogen-bond acceptors (Lipinski definition) is 5. The summed E-state index contributed by atoms with van der Waals surface area (Å²) in [6.45, 7) is 2.43. The van der Waals surface area contributed by atoms with E-state index in [0.717, 1.165) is 0 Å². The van der Waals surface area contributed by atoms with Gasteiger partial charge in [-0.1, -0.05) is 0 Å². The fourth-order valence-corrected chi connectivity index (χ4v) is 2.24. The number of nitrogen functional groups attached to an aromatic ring is 1. The van der Waals surface area contributed by atoms with Gasteiger partial charge in [-0.15, -0.1) is 0 Å². The zero-order valence-electron chi connectivity index (χ0n) is 11.1. The van der Waals surface area contributed by atoms with Crippen LogP contribution in [0.5, 0.6) is 0 Å². The third kappa shape index (κ3) is 1.86. The molecular formula is C12H15N5O2. The van der Waals surface area contributed by atoms with E-state index in [-0.39, 0.29) is 11.1 Å². The van der Waals surface area contributed by atoms with Crippen LogP contribution in [0.1, 0.15) is 11.1 Å². The van der Waals surface area contributed by atoms with Crippen LogP contribution in [-0.4, -0.2) is 28.1 Å². The van der Waals surface area contributed by atoms with Gasteiger partial charge < -0.3 is 10.5 Å². The number of nitrogens with two attached hydrogens (primary N) is 1. The number of rotatable bonds is 3. The standard InChI is InChI=1S/C12H15N5O2/c1-7-8(6-13)12(18)17(4-5-19-3)11-9(7)10(14)15-16(11)2/h4-5H2,1-3H3,(H2,14,15). The second-order valence-electron chi connectivity index (χ2n) is 4.27. The molecule has 2 aromatic heterocycles. The van der Waals surface area contributed by atoms with Crippen molar-refractivity contribution in [3.63, 3.8) is 0 Å². The van der Waals surface area contributed by atoms with Gasteiger partial charge in [0.1, 0.15) is 17.3 Å². The number of pyridine rings is 1. The van der Waals surface area contributed by atoms with Gasteiger partial charge >= 0.3 is 0 Å². The summed E-state index contributed by atoms with van der Waals surface area (Å²) in [6, 6.07) is 1.94. The summed E-state index contributed by atoms with van der Waals surface area (Å²) in [6.07, 6.45) is 0. The Hall–Kier alpha value is -2.33. The van der Waals surface area contributed by atoms with E-state index in [1.165, 1.54) is 4.57 Å². The average molecular weight is 261 g/mol. The minimum Gasteiger partial charge on any atom is -0.383 e. The van der Waals surface area contributed by atoms with Gasteiger partial charge in [-0.25, -0.2) is 4.68 Å². The van der Waals surface area contributed by atoms with Gasteiger partial charge in [-0.3, -0.25) is 9.36 Å². The van der Waals surface area contributed by atoms with E-state index < -0.39 is 0 Å². The van der Waals surface area contributed by atoms with Crippen LogP contribution in [0, 0.1) is 18.3 Å². The Bertz CT molecular complexity index is 735. The highest BCUT2D eigenvalue weighted by Gasteiger charge is 2.19. The first-order valence-electron chi connectivity index (χ1n) is 5.77. The second kappa shape index (κ2) is 4.74. The van der Waals surface area contributed by atoms with Crippen LogP contribution in [-0.2, 0) is 18.3 Å². The van der Waals surface area contributed by atoms with E-state index in [1.807, 2.05) is 6.07 Å². The van der Waals surface area contributed by atoms with Gasteiger partial charge in [0.05, 0.1) is 18.5 Å². The quantitative estimate of drug-likeness (QED) is 0.847. The van der Waals surface area contributed by atoms with E-state index in [4.69, 9.17) is 15.7 Å². The lowest BCUT2D eigenvalue weighted by molar-refractivity contribution is 0.187. The largest absolute Gasteiger partial charge is 0.383 e. The maximum Gasteiger partial charge on any atom is 0.270 e. The normalized spacial score (nSPS) is 10.8. The van der Waals surface area contributed by atoms with Gasteiger partial charge in [0.15, 0.2) is 5.82 Å². The highest BCUT2D eigenvalue weighted by Crippen LogP contribution is 2.24. The van der Waals surface area contributed by atoms with Crippen molar-refractivity contribution in [1.82, 2.24) is 14.3 Å². The van der Waals surface area contributed by atoms with Gasteiger partial charge in [-0.2, -0.15) is 10.4 Å². The molecule has 7 heteroatoms. The van der Waals surface area contributed by atoms with Gasteiger partial charge in [-0.05, 0) is 12.5 Å². The number of nitrogens with zero attached hydrogens (tertiary/aromatic N) is 4. The van der Waals surface area contributed by atoms with Crippen molar-refractivity contribution < 1.29 is 4.74 Å². The molecule has 0 saturated carbocycles. The highest BCUT2D eigenvalue weighted by atomic mass is 16.5. The van der Waals surface area contributed by atoms with Gasteiger partial charge in [0, 0.05) is 14.2 Å². The second-order valence-corrected chi connectivity index (χ2v) is 4.27. The first-order chi connectivity index (χ1) is 9.02. The summed E-state index contributed by atoms with van der Waals surface area (Å²) in [7, 11) is 3.27. The molecule has 0 radical (unpaired) electrons. The Balaban J connectivity index is 2.93. The summed E-state index contributed by atoms with van der Waals surface area (Å²) in [5.41, 5.74) is 6.80. The fraction of sp³-hybridized carbons (Fsp3) is 0.417. The highest BCUT2D eigenvalue weighted by molar-refractivity contribution is 5.91. The number of hydrogen-bond donors (Lipinski definition) is 1. The molecule has 0 aliphatic carbocycles. The molecule has 0 bridgehead atoms. The van der Waals surface area contributed by atoms with Crippen LogP contribution in [0.4, 0.5) is 5.82 Å². The molecule has 0 fully saturated rings. The van der Waals surface area contributed by atoms with Crippen molar-refractivity contribution >= 4 is 16.9 Å². The molecule has 2 aromatic rings. The Morgan fingerprint density at radius 1 is 1.53 bits per heavy atom. The molecule has 0 saturated heterocycles. The monoisotopic (exact) mass is 261 g/mol. The fourth-order valence-electron chi connectivity index (χ4n) is 2.24. The molecule has 0 aliphatic rings. The Morgan fingerprint density at radius 3 is 2.79 bits per heavy atom. The average Bonchev–Trinajstić information content (AvgIpc) is 2.65. The van der Waals surface area contributed by atoms with E-state index in [0.29, 0.717) is 35.6 Å². The molecule has 0 atom stereocenters. The molecule has 100 valence electrons. The lowest BCUT2D eigenvalue weighted by Gasteiger charge is -2.11. The van der Waals surface area contributed by atoms with E-state index in [2.05, 4.69) is 5.10 Å². The van der Waals surface area contributed by atoms with E-state index in [9.17, 15) is 4.79 Å². The molecule has 0 aromatic carbocycles. The number of methoxy groups -OCH3 is 1. The molecule has 2 N–H and O–H groups in total.